The lowest BCUT2D eigenvalue weighted by molar-refractivity contribution is 0.182. The summed E-state index contributed by atoms with van der Waals surface area (Å²) in [5.41, 5.74) is 0. The van der Waals surface area contributed by atoms with Gasteiger partial charge in [0.05, 0.1) is 0 Å². The molecule has 0 amide bonds. The van der Waals surface area contributed by atoms with Crippen LogP contribution < -0.4 is 5.32 Å². The van der Waals surface area contributed by atoms with Crippen molar-refractivity contribution in [3.8, 4) is 0 Å². The standard InChI is InChI=1S/C10H20FN/c1-3-5-8(2)10(11)9-6-4-7-12-9/h8-10,12H,3-7H2,1-2H3. The number of hydrogen-bond donors (Lipinski definition) is 1. The summed E-state index contributed by atoms with van der Waals surface area (Å²) in [5, 5.41) is 3.22. The molecule has 0 saturated carbocycles. The second kappa shape index (κ2) is 4.80. The normalized spacial score (nSPS) is 28.8. The molecule has 1 aliphatic heterocycles. The molecule has 2 heteroatoms. The molecular weight excluding hydrogens is 153 g/mol. The smallest absolute Gasteiger partial charge is 0.118 e. The number of alkyl halides is 1. The number of hydrogen-bond acceptors (Lipinski definition) is 1. The zero-order valence-corrected chi connectivity index (χ0v) is 8.15. The Hall–Kier alpha value is -0.110. The van der Waals surface area contributed by atoms with Gasteiger partial charge in [-0.1, -0.05) is 20.3 Å². The second-order valence-electron chi connectivity index (χ2n) is 3.91. The zero-order valence-electron chi connectivity index (χ0n) is 8.15. The average Bonchev–Trinajstić information content (AvgIpc) is 2.55. The fourth-order valence-corrected chi connectivity index (χ4v) is 1.99. The van der Waals surface area contributed by atoms with Gasteiger partial charge in [-0.25, -0.2) is 4.39 Å². The van der Waals surface area contributed by atoms with Crippen molar-refractivity contribution in [2.45, 2.75) is 51.7 Å². The molecule has 72 valence electrons. The topological polar surface area (TPSA) is 12.0 Å². The third-order valence-corrected chi connectivity index (χ3v) is 2.77. The van der Waals surface area contributed by atoms with Crippen LogP contribution in [0.15, 0.2) is 0 Å². The number of nitrogens with one attached hydrogen (secondary N) is 1. The highest BCUT2D eigenvalue weighted by Crippen LogP contribution is 2.21. The van der Waals surface area contributed by atoms with Crippen molar-refractivity contribution in [2.24, 2.45) is 5.92 Å². The van der Waals surface area contributed by atoms with E-state index in [9.17, 15) is 4.39 Å². The van der Waals surface area contributed by atoms with Crippen molar-refractivity contribution in [3.63, 3.8) is 0 Å². The minimum absolute atomic E-state index is 0.145. The Morgan fingerprint density at radius 3 is 2.83 bits per heavy atom. The van der Waals surface area contributed by atoms with Gasteiger partial charge in [-0.05, 0) is 31.7 Å². The van der Waals surface area contributed by atoms with E-state index in [4.69, 9.17) is 0 Å². The molecule has 1 heterocycles. The first-order valence-corrected chi connectivity index (χ1v) is 5.13. The van der Waals surface area contributed by atoms with Crippen LogP contribution in [0.2, 0.25) is 0 Å². The first kappa shape index (κ1) is 9.97. The van der Waals surface area contributed by atoms with Gasteiger partial charge in [0.1, 0.15) is 6.17 Å². The summed E-state index contributed by atoms with van der Waals surface area (Å²) in [6.45, 7) is 5.14. The SMILES string of the molecule is CCCC(C)C(F)C1CCCN1. The summed E-state index contributed by atoms with van der Waals surface area (Å²) < 4.78 is 13.6. The molecule has 0 aliphatic carbocycles. The van der Waals surface area contributed by atoms with Gasteiger partial charge in [0.2, 0.25) is 0 Å². The highest BCUT2D eigenvalue weighted by atomic mass is 19.1. The number of halogens is 1. The van der Waals surface area contributed by atoms with Crippen LogP contribution in [0.4, 0.5) is 4.39 Å². The first-order valence-electron chi connectivity index (χ1n) is 5.13. The lowest BCUT2D eigenvalue weighted by Gasteiger charge is -2.21. The summed E-state index contributed by atoms with van der Waals surface area (Å²) in [6, 6.07) is 0.145. The summed E-state index contributed by atoms with van der Waals surface area (Å²) in [6.07, 6.45) is 3.64. The third kappa shape index (κ3) is 2.44. The predicted molar refractivity (Wildman–Crippen MR) is 50.0 cm³/mol. The van der Waals surface area contributed by atoms with E-state index < -0.39 is 6.17 Å². The van der Waals surface area contributed by atoms with Crippen molar-refractivity contribution in [2.75, 3.05) is 6.54 Å². The molecule has 1 rings (SSSR count). The highest BCUT2D eigenvalue weighted by Gasteiger charge is 2.27. The van der Waals surface area contributed by atoms with Crippen LogP contribution in [-0.2, 0) is 0 Å². The predicted octanol–water partition coefficient (Wildman–Crippen LogP) is 2.51. The maximum Gasteiger partial charge on any atom is 0.118 e. The van der Waals surface area contributed by atoms with Crippen LogP contribution in [0.3, 0.4) is 0 Å². The molecule has 1 N–H and O–H groups in total. The maximum atomic E-state index is 13.6. The molecule has 12 heavy (non-hydrogen) atoms. The summed E-state index contributed by atoms with van der Waals surface area (Å²) in [7, 11) is 0. The van der Waals surface area contributed by atoms with Gasteiger partial charge in [0, 0.05) is 6.04 Å². The van der Waals surface area contributed by atoms with Gasteiger partial charge in [0.25, 0.3) is 0 Å². The van der Waals surface area contributed by atoms with Crippen molar-refractivity contribution < 1.29 is 4.39 Å². The molecule has 0 aromatic heterocycles. The molecule has 0 bridgehead atoms. The lowest BCUT2D eigenvalue weighted by Crippen LogP contribution is -2.35. The Bertz CT molecular complexity index is 121. The molecule has 0 aromatic rings. The molecule has 1 saturated heterocycles. The quantitative estimate of drug-likeness (QED) is 0.688. The van der Waals surface area contributed by atoms with Crippen molar-refractivity contribution in [3.05, 3.63) is 0 Å². The molecule has 1 nitrogen and oxygen atoms in total. The van der Waals surface area contributed by atoms with Gasteiger partial charge < -0.3 is 5.32 Å². The summed E-state index contributed by atoms with van der Waals surface area (Å²) in [4.78, 5) is 0. The molecule has 3 unspecified atom stereocenters. The van der Waals surface area contributed by atoms with E-state index in [-0.39, 0.29) is 12.0 Å². The average molecular weight is 173 g/mol. The molecule has 0 spiro atoms. The Kier molecular flexibility index (Phi) is 3.99. The Balaban J connectivity index is 2.29. The molecule has 0 aromatic carbocycles. The van der Waals surface area contributed by atoms with Crippen LogP contribution in [0.25, 0.3) is 0 Å². The summed E-state index contributed by atoms with van der Waals surface area (Å²) in [5.74, 6) is 0.227. The monoisotopic (exact) mass is 173 g/mol. The van der Waals surface area contributed by atoms with Crippen LogP contribution in [-0.4, -0.2) is 18.8 Å². The van der Waals surface area contributed by atoms with E-state index in [1.807, 2.05) is 6.92 Å². The van der Waals surface area contributed by atoms with Gasteiger partial charge in [-0.15, -0.1) is 0 Å². The highest BCUT2D eigenvalue weighted by molar-refractivity contribution is 4.84. The van der Waals surface area contributed by atoms with E-state index >= 15 is 0 Å². The molecule has 1 aliphatic rings. The van der Waals surface area contributed by atoms with E-state index in [1.54, 1.807) is 0 Å². The van der Waals surface area contributed by atoms with Crippen LogP contribution in [0.1, 0.15) is 39.5 Å². The summed E-state index contributed by atoms with van der Waals surface area (Å²) >= 11 is 0. The second-order valence-corrected chi connectivity index (χ2v) is 3.91. The van der Waals surface area contributed by atoms with Crippen LogP contribution in [0.5, 0.6) is 0 Å². The van der Waals surface area contributed by atoms with E-state index in [0.717, 1.165) is 32.2 Å². The van der Waals surface area contributed by atoms with Gasteiger partial charge >= 0.3 is 0 Å². The van der Waals surface area contributed by atoms with Crippen LogP contribution >= 0.6 is 0 Å². The van der Waals surface area contributed by atoms with E-state index in [1.165, 1.54) is 0 Å². The Morgan fingerprint density at radius 2 is 2.33 bits per heavy atom. The molecule has 0 radical (unpaired) electrons. The Morgan fingerprint density at radius 1 is 1.58 bits per heavy atom. The minimum atomic E-state index is -0.632. The van der Waals surface area contributed by atoms with Crippen molar-refractivity contribution in [1.29, 1.82) is 0 Å². The van der Waals surface area contributed by atoms with E-state index in [2.05, 4.69) is 12.2 Å². The van der Waals surface area contributed by atoms with Crippen molar-refractivity contribution >= 4 is 0 Å². The number of rotatable bonds is 4. The fourth-order valence-electron chi connectivity index (χ4n) is 1.99. The zero-order chi connectivity index (χ0) is 8.97. The molecule has 3 atom stereocenters. The third-order valence-electron chi connectivity index (χ3n) is 2.77. The molecular formula is C10H20FN. The first-order chi connectivity index (χ1) is 5.75. The Labute approximate surface area is 74.7 Å². The van der Waals surface area contributed by atoms with Gasteiger partial charge in [-0.3, -0.25) is 0 Å². The molecule has 1 fully saturated rings. The van der Waals surface area contributed by atoms with Crippen LogP contribution in [0, 0.1) is 5.92 Å². The minimum Gasteiger partial charge on any atom is -0.311 e. The fraction of sp³-hybridized carbons (Fsp3) is 1.00. The largest absolute Gasteiger partial charge is 0.311 e. The van der Waals surface area contributed by atoms with Crippen molar-refractivity contribution in [1.82, 2.24) is 5.32 Å². The maximum absolute atomic E-state index is 13.6. The van der Waals surface area contributed by atoms with Gasteiger partial charge in [0.15, 0.2) is 0 Å². The van der Waals surface area contributed by atoms with Gasteiger partial charge in [-0.2, -0.15) is 0 Å². The van der Waals surface area contributed by atoms with E-state index in [0.29, 0.717) is 0 Å². The lowest BCUT2D eigenvalue weighted by atomic mass is 9.94.